The van der Waals surface area contributed by atoms with Gasteiger partial charge >= 0.3 is 6.18 Å². The number of alkyl halides is 3. The van der Waals surface area contributed by atoms with Crippen LogP contribution in [0, 0.1) is 0 Å². The maximum absolute atomic E-state index is 13.2. The molecule has 0 spiro atoms. The van der Waals surface area contributed by atoms with Crippen LogP contribution < -0.4 is 5.32 Å². The lowest BCUT2D eigenvalue weighted by Crippen LogP contribution is -2.40. The molecule has 1 atom stereocenters. The highest BCUT2D eigenvalue weighted by Gasteiger charge is 2.35. The van der Waals surface area contributed by atoms with Gasteiger partial charge < -0.3 is 10.2 Å². The first-order chi connectivity index (χ1) is 13.5. The van der Waals surface area contributed by atoms with Crippen molar-refractivity contribution in [1.29, 1.82) is 0 Å². The molecule has 0 fully saturated rings. The molecule has 29 heavy (non-hydrogen) atoms. The normalized spacial score (nSPS) is 13.3. The van der Waals surface area contributed by atoms with E-state index < -0.39 is 29.3 Å². The van der Waals surface area contributed by atoms with Gasteiger partial charge in [0.1, 0.15) is 17.5 Å². The lowest BCUT2D eigenvalue weighted by atomic mass is 10.0. The van der Waals surface area contributed by atoms with Gasteiger partial charge in [-0.1, -0.05) is 40.5 Å². The van der Waals surface area contributed by atoms with Crippen molar-refractivity contribution in [3.05, 3.63) is 63.4 Å². The molecule has 2 rings (SSSR count). The molecule has 0 bridgehead atoms. The second-order valence-corrected chi connectivity index (χ2v) is 7.20. The number of carbonyl (C=O) groups excluding carboxylic acids is 1. The molecular weight excluding hydrogens is 430 g/mol. The van der Waals surface area contributed by atoms with Crippen LogP contribution >= 0.6 is 23.2 Å². The van der Waals surface area contributed by atoms with Crippen LogP contribution in [0.1, 0.15) is 42.4 Å². The number of amides is 1. The van der Waals surface area contributed by atoms with Crippen LogP contribution in [0.25, 0.3) is 0 Å². The molecule has 0 aliphatic carbocycles. The van der Waals surface area contributed by atoms with Crippen molar-refractivity contribution < 1.29 is 22.8 Å². The number of hydrogen-bond acceptors (Lipinski definition) is 4. The number of pyridine rings is 1. The Morgan fingerprint density at radius 2 is 1.86 bits per heavy atom. The lowest BCUT2D eigenvalue weighted by molar-refractivity contribution is -0.137. The van der Waals surface area contributed by atoms with Gasteiger partial charge in [-0.3, -0.25) is 9.78 Å². The SMILES string of the molecule is CC(C)O/N=C(/c1ncc(Cl)cc1Cl)C(C)NC(=O)c1ccccc1C(F)(F)F. The van der Waals surface area contributed by atoms with Crippen LogP contribution in [0.5, 0.6) is 0 Å². The Morgan fingerprint density at radius 1 is 1.21 bits per heavy atom. The number of benzene rings is 1. The highest BCUT2D eigenvalue weighted by atomic mass is 35.5. The number of oxime groups is 1. The molecule has 1 N–H and O–H groups in total. The topological polar surface area (TPSA) is 63.6 Å². The van der Waals surface area contributed by atoms with E-state index in [0.717, 1.165) is 12.1 Å². The molecule has 0 radical (unpaired) electrons. The van der Waals surface area contributed by atoms with E-state index in [1.807, 2.05) is 0 Å². The van der Waals surface area contributed by atoms with Gasteiger partial charge in [-0.15, -0.1) is 0 Å². The molecule has 1 aromatic heterocycles. The van der Waals surface area contributed by atoms with Crippen molar-refractivity contribution in [1.82, 2.24) is 10.3 Å². The van der Waals surface area contributed by atoms with Crippen molar-refractivity contribution in [2.45, 2.75) is 39.1 Å². The largest absolute Gasteiger partial charge is 0.417 e. The monoisotopic (exact) mass is 447 g/mol. The van der Waals surface area contributed by atoms with Gasteiger partial charge in [0.05, 0.1) is 27.2 Å². The zero-order chi connectivity index (χ0) is 21.8. The molecule has 1 aromatic carbocycles. The number of aromatic nitrogens is 1. The number of nitrogens with zero attached hydrogens (tertiary/aromatic N) is 2. The van der Waals surface area contributed by atoms with E-state index in [0.29, 0.717) is 5.02 Å². The van der Waals surface area contributed by atoms with Crippen LogP contribution in [-0.4, -0.2) is 28.7 Å². The van der Waals surface area contributed by atoms with Gasteiger partial charge in [0.15, 0.2) is 0 Å². The molecule has 1 unspecified atom stereocenters. The summed E-state index contributed by atoms with van der Waals surface area (Å²) in [5.41, 5.74) is -1.22. The summed E-state index contributed by atoms with van der Waals surface area (Å²) in [6.07, 6.45) is -3.62. The van der Waals surface area contributed by atoms with Crippen LogP contribution in [0.3, 0.4) is 0 Å². The molecular formula is C19H18Cl2F3N3O2. The first kappa shape index (κ1) is 23.0. The Kier molecular flexibility index (Phi) is 7.48. The van der Waals surface area contributed by atoms with Gasteiger partial charge in [0, 0.05) is 6.20 Å². The summed E-state index contributed by atoms with van der Waals surface area (Å²) in [5, 5.41) is 6.93. The predicted octanol–water partition coefficient (Wildman–Crippen LogP) is 5.35. The van der Waals surface area contributed by atoms with E-state index in [9.17, 15) is 18.0 Å². The third-order valence-electron chi connectivity index (χ3n) is 3.65. The van der Waals surface area contributed by atoms with Crippen LogP contribution in [0.4, 0.5) is 13.2 Å². The molecule has 156 valence electrons. The van der Waals surface area contributed by atoms with Gasteiger partial charge in [-0.2, -0.15) is 13.2 Å². The summed E-state index contributed by atoms with van der Waals surface area (Å²) in [4.78, 5) is 21.9. The first-order valence-corrected chi connectivity index (χ1v) is 9.28. The first-order valence-electron chi connectivity index (χ1n) is 8.53. The third-order valence-corrected chi connectivity index (χ3v) is 4.14. The van der Waals surface area contributed by atoms with Crippen molar-refractivity contribution in [2.75, 3.05) is 0 Å². The standard InChI is InChI=1S/C19H18Cl2F3N3O2/c1-10(2)29-27-16(17-15(21)8-12(20)9-25-17)11(3)26-18(28)13-6-4-5-7-14(13)19(22,23)24/h4-11H,1-3H3,(H,26,28)/b27-16+. The summed E-state index contributed by atoms with van der Waals surface area (Å²) >= 11 is 12.0. The highest BCUT2D eigenvalue weighted by Crippen LogP contribution is 2.32. The minimum absolute atomic E-state index is 0.137. The van der Waals surface area contributed by atoms with E-state index in [4.69, 9.17) is 28.0 Å². The Balaban J connectivity index is 2.37. The fourth-order valence-electron chi connectivity index (χ4n) is 2.36. The average Bonchev–Trinajstić information content (AvgIpc) is 2.62. The molecule has 0 saturated heterocycles. The van der Waals surface area contributed by atoms with E-state index in [1.54, 1.807) is 13.8 Å². The molecule has 0 aliphatic rings. The van der Waals surface area contributed by atoms with Gasteiger partial charge in [-0.05, 0) is 39.0 Å². The minimum atomic E-state index is -4.67. The molecule has 10 heteroatoms. The Labute approximate surface area is 175 Å². The predicted molar refractivity (Wildman–Crippen MR) is 105 cm³/mol. The van der Waals surface area contributed by atoms with Crippen LogP contribution in [0.2, 0.25) is 10.0 Å². The quantitative estimate of drug-likeness (QED) is 0.479. The highest BCUT2D eigenvalue weighted by molar-refractivity contribution is 6.36. The molecule has 0 aliphatic heterocycles. The number of carbonyl (C=O) groups is 1. The summed E-state index contributed by atoms with van der Waals surface area (Å²) in [7, 11) is 0. The third kappa shape index (κ3) is 6.08. The van der Waals surface area contributed by atoms with E-state index in [2.05, 4.69) is 15.5 Å². The number of nitrogens with one attached hydrogen (secondary N) is 1. The maximum Gasteiger partial charge on any atom is 0.417 e. The average molecular weight is 448 g/mol. The second kappa shape index (κ2) is 9.45. The molecule has 2 aromatic rings. The summed E-state index contributed by atoms with van der Waals surface area (Å²) in [6, 6.07) is 5.07. The number of halogens is 5. The Morgan fingerprint density at radius 3 is 2.45 bits per heavy atom. The van der Waals surface area contributed by atoms with Crippen LogP contribution in [-0.2, 0) is 11.0 Å². The number of hydrogen-bond donors (Lipinski definition) is 1. The van der Waals surface area contributed by atoms with E-state index in [-0.39, 0.29) is 22.5 Å². The van der Waals surface area contributed by atoms with Gasteiger partial charge in [0.2, 0.25) is 0 Å². The summed E-state index contributed by atoms with van der Waals surface area (Å²) in [5.74, 6) is -0.923. The molecule has 5 nitrogen and oxygen atoms in total. The fourth-order valence-corrected chi connectivity index (χ4v) is 2.84. The maximum atomic E-state index is 13.2. The zero-order valence-electron chi connectivity index (χ0n) is 15.7. The summed E-state index contributed by atoms with van der Waals surface area (Å²) in [6.45, 7) is 5.00. The van der Waals surface area contributed by atoms with Crippen molar-refractivity contribution in [3.8, 4) is 0 Å². The zero-order valence-corrected chi connectivity index (χ0v) is 17.2. The van der Waals surface area contributed by atoms with Gasteiger partial charge in [-0.25, -0.2) is 0 Å². The number of rotatable bonds is 6. The minimum Gasteiger partial charge on any atom is -0.393 e. The van der Waals surface area contributed by atoms with Crippen molar-refractivity contribution in [2.24, 2.45) is 5.16 Å². The molecule has 0 saturated carbocycles. The van der Waals surface area contributed by atoms with Crippen molar-refractivity contribution in [3.63, 3.8) is 0 Å². The Bertz CT molecular complexity index is 918. The van der Waals surface area contributed by atoms with Crippen molar-refractivity contribution >= 4 is 34.8 Å². The summed E-state index contributed by atoms with van der Waals surface area (Å²) < 4.78 is 39.6. The fraction of sp³-hybridized carbons (Fsp3) is 0.316. The second-order valence-electron chi connectivity index (χ2n) is 6.35. The lowest BCUT2D eigenvalue weighted by Gasteiger charge is -2.19. The Hall–Kier alpha value is -2.32. The van der Waals surface area contributed by atoms with Gasteiger partial charge in [0.25, 0.3) is 5.91 Å². The van der Waals surface area contributed by atoms with Crippen LogP contribution in [0.15, 0.2) is 41.7 Å². The molecule has 1 heterocycles. The van der Waals surface area contributed by atoms with E-state index in [1.165, 1.54) is 31.3 Å². The van der Waals surface area contributed by atoms with E-state index >= 15 is 0 Å². The smallest absolute Gasteiger partial charge is 0.393 e. The molecule has 1 amide bonds.